The van der Waals surface area contributed by atoms with Gasteiger partial charge in [-0.2, -0.15) is 0 Å². The van der Waals surface area contributed by atoms with E-state index in [0.717, 1.165) is 30.4 Å². The maximum Gasteiger partial charge on any atom is 0.121 e. The van der Waals surface area contributed by atoms with Crippen molar-refractivity contribution in [1.82, 2.24) is 5.32 Å². The molecule has 2 heteroatoms. The van der Waals surface area contributed by atoms with Crippen LogP contribution in [-0.2, 0) is 6.42 Å². The number of nitrogens with one attached hydrogen (secondary N) is 1. The van der Waals surface area contributed by atoms with E-state index < -0.39 is 0 Å². The van der Waals surface area contributed by atoms with Crippen LogP contribution in [0.2, 0.25) is 0 Å². The first-order chi connectivity index (χ1) is 7.83. The van der Waals surface area contributed by atoms with E-state index in [-0.39, 0.29) is 0 Å². The SMILES string of the molecule is CCNC(CC1CCC1)c1ccc(CC)o1. The molecule has 0 radical (unpaired) electrons. The third-order valence-corrected chi connectivity index (χ3v) is 3.62. The number of rotatable bonds is 6. The smallest absolute Gasteiger partial charge is 0.121 e. The minimum atomic E-state index is 0.426. The maximum absolute atomic E-state index is 5.85. The van der Waals surface area contributed by atoms with Gasteiger partial charge in [-0.05, 0) is 31.0 Å². The average Bonchev–Trinajstić information content (AvgIpc) is 2.70. The lowest BCUT2D eigenvalue weighted by Crippen LogP contribution is -2.25. The van der Waals surface area contributed by atoms with Crippen LogP contribution in [0, 0.1) is 5.92 Å². The fraction of sp³-hybridized carbons (Fsp3) is 0.714. The van der Waals surface area contributed by atoms with Crippen LogP contribution in [0.3, 0.4) is 0 Å². The highest BCUT2D eigenvalue weighted by Gasteiger charge is 2.24. The number of aryl methyl sites for hydroxylation is 1. The molecule has 1 N–H and O–H groups in total. The molecule has 1 aliphatic rings. The molecule has 0 amide bonds. The molecule has 0 aliphatic heterocycles. The van der Waals surface area contributed by atoms with Crippen LogP contribution in [0.15, 0.2) is 16.5 Å². The van der Waals surface area contributed by atoms with Crippen LogP contribution in [-0.4, -0.2) is 6.54 Å². The van der Waals surface area contributed by atoms with Crippen molar-refractivity contribution in [1.29, 1.82) is 0 Å². The summed E-state index contributed by atoms with van der Waals surface area (Å²) >= 11 is 0. The van der Waals surface area contributed by atoms with Crippen LogP contribution >= 0.6 is 0 Å². The molecule has 0 aromatic carbocycles. The maximum atomic E-state index is 5.85. The Morgan fingerprint density at radius 3 is 2.69 bits per heavy atom. The minimum absolute atomic E-state index is 0.426. The Morgan fingerprint density at radius 1 is 1.38 bits per heavy atom. The van der Waals surface area contributed by atoms with E-state index >= 15 is 0 Å². The number of hydrogen-bond acceptors (Lipinski definition) is 2. The predicted octanol–water partition coefficient (Wildman–Crippen LogP) is 3.68. The van der Waals surface area contributed by atoms with Gasteiger partial charge in [-0.1, -0.05) is 33.1 Å². The van der Waals surface area contributed by atoms with Gasteiger partial charge in [0, 0.05) is 6.42 Å². The van der Waals surface area contributed by atoms with E-state index in [0.29, 0.717) is 6.04 Å². The lowest BCUT2D eigenvalue weighted by atomic mass is 9.80. The van der Waals surface area contributed by atoms with Crippen molar-refractivity contribution in [2.45, 2.75) is 52.0 Å². The second-order valence-corrected chi connectivity index (χ2v) is 4.80. The first-order valence-corrected chi connectivity index (χ1v) is 6.65. The lowest BCUT2D eigenvalue weighted by Gasteiger charge is -2.29. The quantitative estimate of drug-likeness (QED) is 0.792. The van der Waals surface area contributed by atoms with Gasteiger partial charge in [-0.25, -0.2) is 0 Å². The summed E-state index contributed by atoms with van der Waals surface area (Å²) in [6, 6.07) is 4.68. The van der Waals surface area contributed by atoms with E-state index in [4.69, 9.17) is 4.42 Å². The van der Waals surface area contributed by atoms with Crippen molar-refractivity contribution < 1.29 is 4.42 Å². The highest BCUT2D eigenvalue weighted by Crippen LogP contribution is 2.35. The van der Waals surface area contributed by atoms with Gasteiger partial charge in [0.25, 0.3) is 0 Å². The summed E-state index contributed by atoms with van der Waals surface area (Å²) in [5, 5.41) is 3.54. The lowest BCUT2D eigenvalue weighted by molar-refractivity contribution is 0.246. The second-order valence-electron chi connectivity index (χ2n) is 4.80. The monoisotopic (exact) mass is 221 g/mol. The van der Waals surface area contributed by atoms with Gasteiger partial charge < -0.3 is 9.73 Å². The Labute approximate surface area is 98.4 Å². The summed E-state index contributed by atoms with van der Waals surface area (Å²) in [4.78, 5) is 0. The van der Waals surface area contributed by atoms with Crippen LogP contribution in [0.1, 0.15) is 57.1 Å². The predicted molar refractivity (Wildman–Crippen MR) is 66.5 cm³/mol. The molecule has 90 valence electrons. The van der Waals surface area contributed by atoms with E-state index in [1.54, 1.807) is 0 Å². The standard InChI is InChI=1S/C14H23NO/c1-3-12-8-9-14(16-12)13(15-4-2)10-11-6-5-7-11/h8-9,11,13,15H,3-7,10H2,1-2H3. The van der Waals surface area contributed by atoms with Gasteiger partial charge in [0.05, 0.1) is 6.04 Å². The van der Waals surface area contributed by atoms with Crippen molar-refractivity contribution in [3.63, 3.8) is 0 Å². The van der Waals surface area contributed by atoms with Crippen molar-refractivity contribution >= 4 is 0 Å². The number of furan rings is 1. The summed E-state index contributed by atoms with van der Waals surface area (Å²) in [6.07, 6.45) is 6.46. The first-order valence-electron chi connectivity index (χ1n) is 6.65. The zero-order valence-electron chi connectivity index (χ0n) is 10.5. The van der Waals surface area contributed by atoms with E-state index in [1.165, 1.54) is 25.7 Å². The molecular formula is C14H23NO. The van der Waals surface area contributed by atoms with Crippen molar-refractivity contribution in [3.05, 3.63) is 23.7 Å². The van der Waals surface area contributed by atoms with Gasteiger partial charge in [0.2, 0.25) is 0 Å². The average molecular weight is 221 g/mol. The second kappa shape index (κ2) is 5.53. The highest BCUT2D eigenvalue weighted by atomic mass is 16.3. The molecule has 1 heterocycles. The zero-order valence-corrected chi connectivity index (χ0v) is 10.5. The normalized spacial score (nSPS) is 18.4. The number of hydrogen-bond donors (Lipinski definition) is 1. The summed E-state index contributed by atoms with van der Waals surface area (Å²) in [5.41, 5.74) is 0. The molecule has 1 saturated carbocycles. The molecule has 1 aliphatic carbocycles. The van der Waals surface area contributed by atoms with Gasteiger partial charge in [0.15, 0.2) is 0 Å². The van der Waals surface area contributed by atoms with Crippen LogP contribution in [0.5, 0.6) is 0 Å². The Kier molecular flexibility index (Phi) is 4.05. The highest BCUT2D eigenvalue weighted by molar-refractivity contribution is 5.11. The Hall–Kier alpha value is -0.760. The van der Waals surface area contributed by atoms with E-state index in [1.807, 2.05) is 0 Å². The fourth-order valence-corrected chi connectivity index (χ4v) is 2.38. The molecular weight excluding hydrogens is 198 g/mol. The topological polar surface area (TPSA) is 25.2 Å². The summed E-state index contributed by atoms with van der Waals surface area (Å²) in [5.74, 6) is 3.15. The Morgan fingerprint density at radius 2 is 2.19 bits per heavy atom. The summed E-state index contributed by atoms with van der Waals surface area (Å²) in [6.45, 7) is 5.31. The van der Waals surface area contributed by atoms with Crippen molar-refractivity contribution in [3.8, 4) is 0 Å². The van der Waals surface area contributed by atoms with Gasteiger partial charge in [-0.15, -0.1) is 0 Å². The molecule has 0 saturated heterocycles. The Bertz CT molecular complexity index is 314. The third kappa shape index (κ3) is 2.67. The van der Waals surface area contributed by atoms with Gasteiger partial charge in [-0.3, -0.25) is 0 Å². The first kappa shape index (κ1) is 11.7. The summed E-state index contributed by atoms with van der Waals surface area (Å²) < 4.78 is 5.85. The molecule has 0 bridgehead atoms. The third-order valence-electron chi connectivity index (χ3n) is 3.62. The van der Waals surface area contributed by atoms with Crippen LogP contribution in [0.4, 0.5) is 0 Å². The molecule has 16 heavy (non-hydrogen) atoms. The molecule has 0 spiro atoms. The van der Waals surface area contributed by atoms with Crippen molar-refractivity contribution in [2.75, 3.05) is 6.54 Å². The van der Waals surface area contributed by atoms with E-state index in [2.05, 4.69) is 31.3 Å². The molecule has 1 atom stereocenters. The van der Waals surface area contributed by atoms with Crippen LogP contribution in [0.25, 0.3) is 0 Å². The molecule has 1 aromatic rings. The minimum Gasteiger partial charge on any atom is -0.464 e. The largest absolute Gasteiger partial charge is 0.464 e. The van der Waals surface area contributed by atoms with Crippen LogP contribution < -0.4 is 5.32 Å². The Balaban J connectivity index is 1.98. The van der Waals surface area contributed by atoms with E-state index in [9.17, 15) is 0 Å². The fourth-order valence-electron chi connectivity index (χ4n) is 2.38. The zero-order chi connectivity index (χ0) is 11.4. The molecule has 1 unspecified atom stereocenters. The van der Waals surface area contributed by atoms with Gasteiger partial charge >= 0.3 is 0 Å². The molecule has 2 nitrogen and oxygen atoms in total. The van der Waals surface area contributed by atoms with Gasteiger partial charge in [0.1, 0.15) is 11.5 Å². The summed E-state index contributed by atoms with van der Waals surface area (Å²) in [7, 11) is 0. The molecule has 2 rings (SSSR count). The molecule has 1 aromatic heterocycles. The molecule has 1 fully saturated rings. The van der Waals surface area contributed by atoms with Crippen molar-refractivity contribution in [2.24, 2.45) is 5.92 Å².